The summed E-state index contributed by atoms with van der Waals surface area (Å²) in [5.41, 5.74) is 0.666. The van der Waals surface area contributed by atoms with Gasteiger partial charge in [0.05, 0.1) is 12.0 Å². The number of ether oxygens (including phenoxy) is 2. The Hall–Kier alpha value is -1.60. The molecule has 1 fully saturated rings. The number of methoxy groups -OCH3 is 1. The number of rotatable bonds is 5. The summed E-state index contributed by atoms with van der Waals surface area (Å²) in [6.45, 7) is 4.05. The lowest BCUT2D eigenvalue weighted by Gasteiger charge is -2.32. The Bertz CT molecular complexity index is 671. The normalized spacial score (nSPS) is 19.3. The van der Waals surface area contributed by atoms with Crippen molar-refractivity contribution in [1.82, 2.24) is 4.31 Å². The van der Waals surface area contributed by atoms with Crippen LogP contribution in [0.5, 0.6) is 5.75 Å². The van der Waals surface area contributed by atoms with E-state index in [-0.39, 0.29) is 17.5 Å². The average molecular weight is 341 g/mol. The monoisotopic (exact) mass is 341 g/mol. The lowest BCUT2D eigenvalue weighted by atomic mass is 10.1. The highest BCUT2D eigenvalue weighted by Crippen LogP contribution is 2.28. The SMILES string of the molecule is COC(=O)COc1ccc(S(=O)(=O)N2CCCC[C@@H]2C)cc1C. The van der Waals surface area contributed by atoms with Crippen LogP contribution >= 0.6 is 0 Å². The van der Waals surface area contributed by atoms with Crippen LogP contribution in [0.2, 0.25) is 0 Å². The smallest absolute Gasteiger partial charge is 0.343 e. The fraction of sp³-hybridized carbons (Fsp3) is 0.562. The van der Waals surface area contributed by atoms with Gasteiger partial charge in [0, 0.05) is 12.6 Å². The Balaban J connectivity index is 2.20. The number of benzene rings is 1. The van der Waals surface area contributed by atoms with E-state index >= 15 is 0 Å². The van der Waals surface area contributed by atoms with Crippen LogP contribution in [-0.4, -0.2) is 45.0 Å². The molecule has 7 heteroatoms. The van der Waals surface area contributed by atoms with E-state index in [0.29, 0.717) is 17.9 Å². The van der Waals surface area contributed by atoms with Crippen LogP contribution in [0.4, 0.5) is 0 Å². The molecule has 6 nitrogen and oxygen atoms in total. The summed E-state index contributed by atoms with van der Waals surface area (Å²) in [7, 11) is -2.21. The van der Waals surface area contributed by atoms with Gasteiger partial charge < -0.3 is 9.47 Å². The van der Waals surface area contributed by atoms with E-state index in [2.05, 4.69) is 4.74 Å². The molecule has 1 aromatic rings. The van der Waals surface area contributed by atoms with Crippen LogP contribution in [0.3, 0.4) is 0 Å². The number of esters is 1. The van der Waals surface area contributed by atoms with Gasteiger partial charge in [-0.05, 0) is 50.5 Å². The number of hydrogen-bond acceptors (Lipinski definition) is 5. The number of carbonyl (C=O) groups is 1. The second-order valence-electron chi connectivity index (χ2n) is 5.75. The number of carbonyl (C=O) groups excluding carboxylic acids is 1. The van der Waals surface area contributed by atoms with Gasteiger partial charge in [-0.1, -0.05) is 6.42 Å². The number of sulfonamides is 1. The first-order valence-corrected chi connectivity index (χ1v) is 9.12. The topological polar surface area (TPSA) is 72.9 Å². The molecule has 0 aromatic heterocycles. The third kappa shape index (κ3) is 4.03. The molecular formula is C16H23NO5S. The summed E-state index contributed by atoms with van der Waals surface area (Å²) in [5, 5.41) is 0. The van der Waals surface area contributed by atoms with Gasteiger partial charge in [0.25, 0.3) is 0 Å². The molecule has 0 bridgehead atoms. The lowest BCUT2D eigenvalue weighted by Crippen LogP contribution is -2.41. The third-order valence-electron chi connectivity index (χ3n) is 4.07. The molecule has 0 unspecified atom stereocenters. The summed E-state index contributed by atoms with van der Waals surface area (Å²) >= 11 is 0. The molecule has 1 heterocycles. The van der Waals surface area contributed by atoms with Gasteiger partial charge in [-0.3, -0.25) is 0 Å². The zero-order valence-electron chi connectivity index (χ0n) is 13.7. The Kier molecular flexibility index (Phi) is 5.64. The summed E-state index contributed by atoms with van der Waals surface area (Å²) in [6.07, 6.45) is 2.84. The molecule has 0 spiro atoms. The quantitative estimate of drug-likeness (QED) is 0.767. The highest BCUT2D eigenvalue weighted by atomic mass is 32.2. The number of aryl methyl sites for hydroxylation is 1. The van der Waals surface area contributed by atoms with Gasteiger partial charge in [-0.2, -0.15) is 4.31 Å². The average Bonchev–Trinajstić information content (AvgIpc) is 2.53. The molecule has 2 rings (SSSR count). The van der Waals surface area contributed by atoms with Crippen molar-refractivity contribution in [2.75, 3.05) is 20.3 Å². The molecular weight excluding hydrogens is 318 g/mol. The van der Waals surface area contributed by atoms with Gasteiger partial charge in [0.1, 0.15) is 5.75 Å². The van der Waals surface area contributed by atoms with E-state index in [0.717, 1.165) is 19.3 Å². The summed E-state index contributed by atoms with van der Waals surface area (Å²) in [5.74, 6) is -0.00992. The molecule has 0 N–H and O–H groups in total. The van der Waals surface area contributed by atoms with Crippen molar-refractivity contribution in [3.05, 3.63) is 23.8 Å². The van der Waals surface area contributed by atoms with E-state index in [1.54, 1.807) is 23.4 Å². The maximum atomic E-state index is 12.8. The second-order valence-corrected chi connectivity index (χ2v) is 7.64. The minimum Gasteiger partial charge on any atom is -0.482 e. The first-order chi connectivity index (χ1) is 10.9. The van der Waals surface area contributed by atoms with E-state index in [1.165, 1.54) is 13.2 Å². The molecule has 1 aliphatic rings. The first kappa shape index (κ1) is 17.7. The minimum atomic E-state index is -3.50. The van der Waals surface area contributed by atoms with Crippen molar-refractivity contribution < 1.29 is 22.7 Å². The molecule has 0 aliphatic carbocycles. The second kappa shape index (κ2) is 7.31. The third-order valence-corrected chi connectivity index (χ3v) is 6.08. The van der Waals surface area contributed by atoms with Crippen LogP contribution < -0.4 is 4.74 Å². The van der Waals surface area contributed by atoms with Gasteiger partial charge in [0.15, 0.2) is 6.61 Å². The molecule has 1 aromatic carbocycles. The highest BCUT2D eigenvalue weighted by molar-refractivity contribution is 7.89. The molecule has 128 valence electrons. The Labute approximate surface area is 137 Å². The summed E-state index contributed by atoms with van der Waals surface area (Å²) < 4.78 is 37.0. The largest absolute Gasteiger partial charge is 0.482 e. The van der Waals surface area contributed by atoms with Gasteiger partial charge in [0.2, 0.25) is 10.0 Å². The molecule has 1 atom stereocenters. The van der Waals surface area contributed by atoms with Gasteiger partial charge in [-0.15, -0.1) is 0 Å². The molecule has 0 amide bonds. The summed E-state index contributed by atoms with van der Waals surface area (Å²) in [6, 6.07) is 4.71. The maximum Gasteiger partial charge on any atom is 0.343 e. The Morgan fingerprint density at radius 2 is 2.09 bits per heavy atom. The predicted octanol–water partition coefficient (Wildman–Crippen LogP) is 2.11. The van der Waals surface area contributed by atoms with Crippen LogP contribution in [0.1, 0.15) is 31.7 Å². The summed E-state index contributed by atoms with van der Waals surface area (Å²) in [4.78, 5) is 11.4. The highest BCUT2D eigenvalue weighted by Gasteiger charge is 2.31. The standard InChI is InChI=1S/C16H23NO5S/c1-12-10-14(7-8-15(12)22-11-16(18)21-3)23(19,20)17-9-5-4-6-13(17)2/h7-8,10,13H,4-6,9,11H2,1-3H3/t13-/m0/s1. The number of nitrogens with zero attached hydrogens (tertiary/aromatic N) is 1. The van der Waals surface area contributed by atoms with Crippen molar-refractivity contribution in [3.8, 4) is 5.75 Å². The van der Waals surface area contributed by atoms with Crippen molar-refractivity contribution in [2.24, 2.45) is 0 Å². The fourth-order valence-electron chi connectivity index (χ4n) is 2.70. The van der Waals surface area contributed by atoms with E-state index in [4.69, 9.17) is 4.74 Å². The molecule has 23 heavy (non-hydrogen) atoms. The van der Waals surface area contributed by atoms with Crippen molar-refractivity contribution >= 4 is 16.0 Å². The van der Waals surface area contributed by atoms with Crippen LogP contribution in [0.15, 0.2) is 23.1 Å². The van der Waals surface area contributed by atoms with E-state index in [9.17, 15) is 13.2 Å². The maximum absolute atomic E-state index is 12.8. The van der Waals surface area contributed by atoms with Gasteiger partial charge >= 0.3 is 5.97 Å². The zero-order valence-corrected chi connectivity index (χ0v) is 14.6. The van der Waals surface area contributed by atoms with E-state index in [1.807, 2.05) is 6.92 Å². The zero-order chi connectivity index (χ0) is 17.0. The predicted molar refractivity (Wildman–Crippen MR) is 85.9 cm³/mol. The van der Waals surface area contributed by atoms with Crippen molar-refractivity contribution in [3.63, 3.8) is 0 Å². The molecule has 0 radical (unpaired) electrons. The first-order valence-electron chi connectivity index (χ1n) is 7.68. The Morgan fingerprint density at radius 1 is 1.35 bits per heavy atom. The van der Waals surface area contributed by atoms with Gasteiger partial charge in [-0.25, -0.2) is 13.2 Å². The lowest BCUT2D eigenvalue weighted by molar-refractivity contribution is -0.142. The van der Waals surface area contributed by atoms with Crippen molar-refractivity contribution in [2.45, 2.75) is 44.0 Å². The van der Waals surface area contributed by atoms with Crippen LogP contribution in [0, 0.1) is 6.92 Å². The number of piperidine rings is 1. The van der Waals surface area contributed by atoms with Crippen LogP contribution in [0.25, 0.3) is 0 Å². The minimum absolute atomic E-state index is 0.0179. The molecule has 1 saturated heterocycles. The number of hydrogen-bond donors (Lipinski definition) is 0. The molecule has 1 aliphatic heterocycles. The van der Waals surface area contributed by atoms with Crippen LogP contribution in [-0.2, 0) is 19.6 Å². The Morgan fingerprint density at radius 3 is 2.70 bits per heavy atom. The van der Waals surface area contributed by atoms with Crippen molar-refractivity contribution in [1.29, 1.82) is 0 Å². The molecule has 0 saturated carbocycles. The fourth-order valence-corrected chi connectivity index (χ4v) is 4.49. The van der Waals surface area contributed by atoms with E-state index < -0.39 is 16.0 Å².